The van der Waals surface area contributed by atoms with Crippen LogP contribution in [0.3, 0.4) is 0 Å². The van der Waals surface area contributed by atoms with Gasteiger partial charge in [0.2, 0.25) is 5.91 Å². The van der Waals surface area contributed by atoms with Crippen molar-refractivity contribution in [2.45, 2.75) is 25.8 Å². The zero-order valence-corrected chi connectivity index (χ0v) is 16.7. The first-order valence-corrected chi connectivity index (χ1v) is 8.66. The third kappa shape index (κ3) is 5.17. The number of imide groups is 2. The van der Waals surface area contributed by atoms with Crippen molar-refractivity contribution in [2.24, 2.45) is 5.73 Å². The number of carbonyl (C=O) groups is 4. The smallest absolute Gasteiger partial charge is 0.335 e. The van der Waals surface area contributed by atoms with E-state index < -0.39 is 36.3 Å². The molecule has 3 N–H and O–H groups in total. The first-order chi connectivity index (χ1) is 12.8. The Labute approximate surface area is 170 Å². The van der Waals surface area contributed by atoms with Crippen molar-refractivity contribution < 1.29 is 19.2 Å². The average Bonchev–Trinajstić information content (AvgIpc) is 2.84. The van der Waals surface area contributed by atoms with Crippen molar-refractivity contribution in [3.8, 4) is 0 Å². The van der Waals surface area contributed by atoms with Gasteiger partial charge in [0.25, 0.3) is 0 Å². The van der Waals surface area contributed by atoms with Crippen LogP contribution in [0.4, 0.5) is 4.79 Å². The van der Waals surface area contributed by atoms with Crippen molar-refractivity contribution in [1.82, 2.24) is 15.1 Å². The molecule has 1 heterocycles. The molecule has 2 rings (SSSR count). The van der Waals surface area contributed by atoms with E-state index in [0.717, 1.165) is 10.5 Å². The lowest BCUT2D eigenvalue weighted by Crippen LogP contribution is -2.43. The summed E-state index contributed by atoms with van der Waals surface area (Å²) < 4.78 is 0. The van der Waals surface area contributed by atoms with Crippen molar-refractivity contribution in [1.29, 1.82) is 0 Å². The molecule has 1 aliphatic rings. The van der Waals surface area contributed by atoms with E-state index in [1.165, 1.54) is 11.6 Å². The molecule has 0 aliphatic carbocycles. The monoisotopic (exact) mass is 408 g/mol. The highest BCUT2D eigenvalue weighted by Gasteiger charge is 2.44. The van der Waals surface area contributed by atoms with Crippen molar-refractivity contribution in [2.75, 3.05) is 19.6 Å². The molecule has 1 unspecified atom stereocenters. The maximum atomic E-state index is 12.1. The fourth-order valence-electron chi connectivity index (χ4n) is 2.65. The Morgan fingerprint density at radius 2 is 1.64 bits per heavy atom. The molecule has 1 aliphatic heterocycles. The highest BCUT2D eigenvalue weighted by Crippen LogP contribution is 2.17. The highest BCUT2D eigenvalue weighted by atomic mass is 35.5. The SMILES string of the molecule is C=CCN1C(=O)C(=O)N(CC(=O)NCC(N)c2ccc(C(C)C)cc2)C1=O.Cl. The lowest BCUT2D eigenvalue weighted by atomic mass is 9.99. The second-order valence-corrected chi connectivity index (χ2v) is 6.61. The minimum absolute atomic E-state index is 0. The number of nitrogens with two attached hydrogens (primary N) is 1. The molecule has 0 radical (unpaired) electrons. The summed E-state index contributed by atoms with van der Waals surface area (Å²) in [7, 11) is 0. The standard InChI is InChI=1S/C19H24N4O4.ClH/c1-4-9-22-17(25)18(26)23(19(22)27)11-16(24)21-10-15(20)14-7-5-13(6-8-14)12(2)3;/h4-8,12,15H,1,9-11,20H2,2-3H3,(H,21,24);1H. The summed E-state index contributed by atoms with van der Waals surface area (Å²) in [6.07, 6.45) is 1.33. The van der Waals surface area contributed by atoms with Crippen LogP contribution in [-0.4, -0.2) is 53.2 Å². The molecule has 1 atom stereocenters. The molecule has 0 saturated carbocycles. The van der Waals surface area contributed by atoms with E-state index in [2.05, 4.69) is 25.7 Å². The van der Waals surface area contributed by atoms with Gasteiger partial charge < -0.3 is 11.1 Å². The Bertz CT molecular complexity index is 764. The maximum Gasteiger partial charge on any atom is 0.335 e. The third-order valence-electron chi connectivity index (χ3n) is 4.30. The van der Waals surface area contributed by atoms with Crippen LogP contribution in [0.25, 0.3) is 0 Å². The van der Waals surface area contributed by atoms with Crippen LogP contribution in [0, 0.1) is 0 Å². The maximum absolute atomic E-state index is 12.1. The number of nitrogens with zero attached hydrogens (tertiary/aromatic N) is 2. The minimum atomic E-state index is -1.02. The number of amides is 5. The molecule has 9 heteroatoms. The molecule has 0 bridgehead atoms. The fourth-order valence-corrected chi connectivity index (χ4v) is 2.65. The van der Waals surface area contributed by atoms with Crippen LogP contribution in [0.1, 0.15) is 36.9 Å². The third-order valence-corrected chi connectivity index (χ3v) is 4.30. The van der Waals surface area contributed by atoms with Crippen LogP contribution < -0.4 is 11.1 Å². The predicted molar refractivity (Wildman–Crippen MR) is 107 cm³/mol. The van der Waals surface area contributed by atoms with Gasteiger partial charge in [-0.1, -0.05) is 44.2 Å². The molecule has 8 nitrogen and oxygen atoms in total. The number of urea groups is 1. The summed E-state index contributed by atoms with van der Waals surface area (Å²) in [4.78, 5) is 49.1. The largest absolute Gasteiger partial charge is 0.353 e. The molecule has 0 spiro atoms. The Balaban J connectivity index is 0.00000392. The van der Waals surface area contributed by atoms with Gasteiger partial charge in [0.05, 0.1) is 0 Å². The van der Waals surface area contributed by atoms with Gasteiger partial charge in [0, 0.05) is 19.1 Å². The van der Waals surface area contributed by atoms with Crippen molar-refractivity contribution >= 4 is 36.2 Å². The van der Waals surface area contributed by atoms with Crippen molar-refractivity contribution in [3.63, 3.8) is 0 Å². The number of carbonyl (C=O) groups excluding carboxylic acids is 4. The van der Waals surface area contributed by atoms with E-state index in [9.17, 15) is 19.2 Å². The van der Waals surface area contributed by atoms with Gasteiger partial charge in [0.1, 0.15) is 6.54 Å². The van der Waals surface area contributed by atoms with Crippen LogP contribution in [0.2, 0.25) is 0 Å². The molecule has 1 aromatic rings. The molecule has 5 amide bonds. The first-order valence-electron chi connectivity index (χ1n) is 8.66. The van der Waals surface area contributed by atoms with E-state index in [1.54, 1.807) is 0 Å². The zero-order valence-electron chi connectivity index (χ0n) is 15.9. The normalized spacial score (nSPS) is 14.9. The molecule has 1 fully saturated rings. The number of rotatable bonds is 8. The zero-order chi connectivity index (χ0) is 20.1. The minimum Gasteiger partial charge on any atom is -0.353 e. The molecule has 1 aromatic carbocycles. The quantitative estimate of drug-likeness (QED) is 0.382. The van der Waals surface area contributed by atoms with Gasteiger partial charge in [-0.05, 0) is 17.0 Å². The Morgan fingerprint density at radius 1 is 1.11 bits per heavy atom. The second-order valence-electron chi connectivity index (χ2n) is 6.61. The lowest BCUT2D eigenvalue weighted by Gasteiger charge is -2.17. The number of hydrogen-bond acceptors (Lipinski definition) is 5. The average molecular weight is 409 g/mol. The summed E-state index contributed by atoms with van der Waals surface area (Å²) in [6, 6.07) is 6.54. The first kappa shape index (κ1) is 23.3. The van der Waals surface area contributed by atoms with Crippen LogP contribution in [-0.2, 0) is 14.4 Å². The van der Waals surface area contributed by atoms with Gasteiger partial charge in [-0.2, -0.15) is 0 Å². The molecule has 0 aromatic heterocycles. The Morgan fingerprint density at radius 3 is 2.18 bits per heavy atom. The predicted octanol–water partition coefficient (Wildman–Crippen LogP) is 1.32. The molecule has 28 heavy (non-hydrogen) atoms. The number of nitrogens with one attached hydrogen (secondary N) is 1. The van der Waals surface area contributed by atoms with Gasteiger partial charge in [-0.15, -0.1) is 19.0 Å². The molecular formula is C19H25ClN4O4. The summed E-state index contributed by atoms with van der Waals surface area (Å²) in [5.74, 6) is -2.15. The van der Waals surface area contributed by atoms with Gasteiger partial charge in [-0.25, -0.2) is 9.69 Å². The molecular weight excluding hydrogens is 384 g/mol. The van der Waals surface area contributed by atoms with E-state index in [4.69, 9.17) is 5.73 Å². The van der Waals surface area contributed by atoms with E-state index in [0.29, 0.717) is 10.8 Å². The highest BCUT2D eigenvalue weighted by molar-refractivity contribution is 6.45. The Hall–Kier alpha value is -2.71. The van der Waals surface area contributed by atoms with Gasteiger partial charge >= 0.3 is 17.8 Å². The summed E-state index contributed by atoms with van der Waals surface area (Å²) in [5.41, 5.74) is 8.13. The van der Waals surface area contributed by atoms with E-state index in [1.807, 2.05) is 24.3 Å². The number of hydrogen-bond donors (Lipinski definition) is 2. The van der Waals surface area contributed by atoms with Crippen LogP contribution in [0.5, 0.6) is 0 Å². The topological polar surface area (TPSA) is 113 Å². The van der Waals surface area contributed by atoms with Gasteiger partial charge in [-0.3, -0.25) is 19.3 Å². The van der Waals surface area contributed by atoms with Gasteiger partial charge in [0.15, 0.2) is 0 Å². The van der Waals surface area contributed by atoms with E-state index >= 15 is 0 Å². The fraction of sp³-hybridized carbons (Fsp3) is 0.368. The number of halogens is 1. The summed E-state index contributed by atoms with van der Waals surface area (Å²) in [5, 5.41) is 2.59. The van der Waals surface area contributed by atoms with Crippen molar-refractivity contribution in [3.05, 3.63) is 48.0 Å². The van der Waals surface area contributed by atoms with Crippen LogP contribution in [0.15, 0.2) is 36.9 Å². The second kappa shape index (κ2) is 10.0. The lowest BCUT2D eigenvalue weighted by molar-refractivity contribution is -0.143. The van der Waals surface area contributed by atoms with E-state index in [-0.39, 0.29) is 25.5 Å². The number of benzene rings is 1. The molecule has 152 valence electrons. The summed E-state index contributed by atoms with van der Waals surface area (Å²) in [6.45, 7) is 7.14. The summed E-state index contributed by atoms with van der Waals surface area (Å²) >= 11 is 0. The Kier molecular flexibility index (Phi) is 8.34. The molecule has 1 saturated heterocycles. The van der Waals surface area contributed by atoms with Crippen LogP contribution >= 0.6 is 12.4 Å².